The molecule has 3 heterocycles. The third-order valence-electron chi connectivity index (χ3n) is 7.20. The van der Waals surface area contributed by atoms with E-state index in [0.717, 1.165) is 55.0 Å². The average Bonchev–Trinajstić information content (AvgIpc) is 3.37. The van der Waals surface area contributed by atoms with Crippen molar-refractivity contribution in [1.82, 2.24) is 19.9 Å². The summed E-state index contributed by atoms with van der Waals surface area (Å²) in [6, 6.07) is 11.0. The van der Waals surface area contributed by atoms with E-state index in [2.05, 4.69) is 25.9 Å². The molecule has 1 aliphatic heterocycles. The van der Waals surface area contributed by atoms with Crippen LogP contribution in [0.25, 0.3) is 10.9 Å². The molecule has 220 valence electrons. The molecule has 0 spiro atoms. The number of aryl methyl sites for hydroxylation is 1. The number of anilines is 1. The second kappa shape index (κ2) is 11.9. The largest absolute Gasteiger partial charge is 0.433 e. The molecule has 1 N–H and O–H groups in total. The molecule has 0 unspecified atom stereocenters. The summed E-state index contributed by atoms with van der Waals surface area (Å²) in [6.07, 6.45) is -4.07. The molecule has 0 amide bonds. The van der Waals surface area contributed by atoms with Crippen LogP contribution in [0.15, 0.2) is 54.9 Å². The Labute approximate surface area is 237 Å². The average molecular weight is 589 g/mol. The third kappa shape index (κ3) is 6.76. The van der Waals surface area contributed by atoms with Gasteiger partial charge >= 0.3 is 18.4 Å². The summed E-state index contributed by atoms with van der Waals surface area (Å²) in [6.45, 7) is 3.26. The Bertz CT molecular complexity index is 1580. The molecule has 0 saturated carbocycles. The fourth-order valence-corrected chi connectivity index (χ4v) is 5.01. The van der Waals surface area contributed by atoms with Gasteiger partial charge in [0, 0.05) is 55.2 Å². The highest BCUT2D eigenvalue weighted by Crippen LogP contribution is 2.40. The summed E-state index contributed by atoms with van der Waals surface area (Å²) in [4.78, 5) is 14.1. The van der Waals surface area contributed by atoms with Gasteiger partial charge in [-0.1, -0.05) is 0 Å². The molecular formula is C29H26F6N6O. The lowest BCUT2D eigenvalue weighted by Crippen LogP contribution is -2.46. The van der Waals surface area contributed by atoms with Crippen molar-refractivity contribution < 1.29 is 31.1 Å². The van der Waals surface area contributed by atoms with Crippen molar-refractivity contribution >= 4 is 16.6 Å². The molecule has 4 aromatic rings. The van der Waals surface area contributed by atoms with E-state index >= 15 is 0 Å². The summed E-state index contributed by atoms with van der Waals surface area (Å²) in [5.74, 6) is -0.678. The van der Waals surface area contributed by atoms with Crippen molar-refractivity contribution in [3.8, 4) is 17.8 Å². The standard InChI is InChI=1S/C29H26F6N6O/c30-28(31,32)23-16-21(5-7-25(23)42-27-37-9-8-26(39-27)29(33,34)35)41-13-11-40(12-14-41)10-2-1-3-20-18-38-24-6-4-19(17-36)15-22(20)24/h4-9,15-16,18,38H,1-3,10-14H2. The van der Waals surface area contributed by atoms with Gasteiger partial charge in [-0.05, 0) is 73.8 Å². The van der Waals surface area contributed by atoms with Crippen molar-refractivity contribution in [2.75, 3.05) is 37.6 Å². The zero-order valence-corrected chi connectivity index (χ0v) is 22.3. The van der Waals surface area contributed by atoms with Gasteiger partial charge in [-0.3, -0.25) is 4.90 Å². The first-order valence-corrected chi connectivity index (χ1v) is 13.3. The minimum Gasteiger partial charge on any atom is -0.424 e. The van der Waals surface area contributed by atoms with Crippen LogP contribution in [0.3, 0.4) is 0 Å². The molecule has 2 aromatic heterocycles. The smallest absolute Gasteiger partial charge is 0.424 e. The number of rotatable bonds is 8. The van der Waals surface area contributed by atoms with Gasteiger partial charge in [-0.15, -0.1) is 0 Å². The maximum absolute atomic E-state index is 13.9. The monoisotopic (exact) mass is 588 g/mol. The van der Waals surface area contributed by atoms with Crippen LogP contribution in [0, 0.1) is 11.3 Å². The van der Waals surface area contributed by atoms with Gasteiger partial charge in [-0.25, -0.2) is 4.98 Å². The Morgan fingerprint density at radius 3 is 2.43 bits per heavy atom. The molecule has 7 nitrogen and oxygen atoms in total. The summed E-state index contributed by atoms with van der Waals surface area (Å²) in [5.41, 5.74) is 0.688. The number of alkyl halides is 6. The number of aromatic nitrogens is 3. The topological polar surface area (TPSA) is 81.1 Å². The Hall–Kier alpha value is -4.31. The molecule has 0 atom stereocenters. The summed E-state index contributed by atoms with van der Waals surface area (Å²) >= 11 is 0. The molecule has 1 fully saturated rings. The number of unbranched alkanes of at least 4 members (excludes halogenated alkanes) is 1. The highest BCUT2D eigenvalue weighted by atomic mass is 19.4. The number of piperazine rings is 1. The van der Waals surface area contributed by atoms with Crippen molar-refractivity contribution in [3.63, 3.8) is 0 Å². The summed E-state index contributed by atoms with van der Waals surface area (Å²) < 4.78 is 85.5. The van der Waals surface area contributed by atoms with Gasteiger partial charge in [0.2, 0.25) is 0 Å². The second-order valence-corrected chi connectivity index (χ2v) is 9.97. The van der Waals surface area contributed by atoms with Gasteiger partial charge in [0.1, 0.15) is 11.3 Å². The third-order valence-corrected chi connectivity index (χ3v) is 7.20. The Kier molecular flexibility index (Phi) is 8.27. The van der Waals surface area contributed by atoms with E-state index in [1.165, 1.54) is 11.6 Å². The van der Waals surface area contributed by atoms with Crippen molar-refractivity contribution in [1.29, 1.82) is 5.26 Å². The highest BCUT2D eigenvalue weighted by Gasteiger charge is 2.37. The number of nitriles is 1. The van der Waals surface area contributed by atoms with Crippen molar-refractivity contribution in [3.05, 3.63) is 77.2 Å². The van der Waals surface area contributed by atoms with E-state index in [-0.39, 0.29) is 0 Å². The van der Waals surface area contributed by atoms with Gasteiger partial charge in [0.05, 0.1) is 11.6 Å². The van der Waals surface area contributed by atoms with Crippen LogP contribution in [-0.2, 0) is 18.8 Å². The number of hydrogen-bond acceptors (Lipinski definition) is 6. The number of hydrogen-bond donors (Lipinski definition) is 1. The normalized spacial score (nSPS) is 14.7. The van der Waals surface area contributed by atoms with Gasteiger partial charge in [0.25, 0.3) is 0 Å². The number of halogens is 6. The molecule has 13 heteroatoms. The molecule has 1 saturated heterocycles. The molecule has 0 radical (unpaired) electrons. The lowest BCUT2D eigenvalue weighted by atomic mass is 10.0. The number of ether oxygens (including phenoxy) is 1. The number of benzene rings is 2. The van der Waals surface area contributed by atoms with Crippen LogP contribution in [-0.4, -0.2) is 52.6 Å². The lowest BCUT2D eigenvalue weighted by molar-refractivity contribution is -0.142. The quantitative estimate of drug-likeness (QED) is 0.180. The predicted octanol–water partition coefficient (Wildman–Crippen LogP) is 6.80. The van der Waals surface area contributed by atoms with Crippen LogP contribution < -0.4 is 9.64 Å². The first-order chi connectivity index (χ1) is 20.0. The second-order valence-electron chi connectivity index (χ2n) is 9.97. The fourth-order valence-electron chi connectivity index (χ4n) is 5.01. The van der Waals surface area contributed by atoms with Gasteiger partial charge in [0.15, 0.2) is 5.69 Å². The van der Waals surface area contributed by atoms with E-state index in [9.17, 15) is 26.3 Å². The van der Waals surface area contributed by atoms with E-state index < -0.39 is 35.4 Å². The Morgan fingerprint density at radius 1 is 0.929 bits per heavy atom. The molecular weight excluding hydrogens is 562 g/mol. The van der Waals surface area contributed by atoms with Crippen LogP contribution in [0.5, 0.6) is 11.8 Å². The maximum atomic E-state index is 13.9. The molecule has 42 heavy (non-hydrogen) atoms. The molecule has 1 aliphatic rings. The minimum absolute atomic E-state index is 0.343. The summed E-state index contributed by atoms with van der Waals surface area (Å²) in [7, 11) is 0. The van der Waals surface area contributed by atoms with Gasteiger partial charge < -0.3 is 14.6 Å². The Balaban J connectivity index is 1.16. The number of fused-ring (bicyclic) bond motifs is 1. The molecule has 2 aromatic carbocycles. The summed E-state index contributed by atoms with van der Waals surface area (Å²) in [5, 5.41) is 10.2. The number of nitrogens with one attached hydrogen (secondary N) is 1. The van der Waals surface area contributed by atoms with E-state index in [4.69, 9.17) is 10.00 Å². The van der Waals surface area contributed by atoms with Crippen molar-refractivity contribution in [2.24, 2.45) is 0 Å². The van der Waals surface area contributed by atoms with E-state index in [1.807, 2.05) is 23.2 Å². The zero-order valence-electron chi connectivity index (χ0n) is 22.3. The first-order valence-electron chi connectivity index (χ1n) is 13.3. The van der Waals surface area contributed by atoms with Crippen molar-refractivity contribution in [2.45, 2.75) is 31.6 Å². The zero-order chi connectivity index (χ0) is 29.9. The lowest BCUT2D eigenvalue weighted by Gasteiger charge is -2.36. The number of aromatic amines is 1. The predicted molar refractivity (Wildman–Crippen MR) is 143 cm³/mol. The SMILES string of the molecule is N#Cc1ccc2[nH]cc(CCCCN3CCN(c4ccc(Oc5nccc(C(F)(F)F)n5)c(C(F)(F)F)c4)CC3)c2c1. The van der Waals surface area contributed by atoms with Gasteiger partial charge in [-0.2, -0.15) is 36.6 Å². The number of nitrogens with zero attached hydrogens (tertiary/aromatic N) is 5. The fraction of sp³-hybridized carbons (Fsp3) is 0.345. The Morgan fingerprint density at radius 2 is 1.71 bits per heavy atom. The van der Waals surface area contributed by atoms with Crippen LogP contribution in [0.4, 0.5) is 32.0 Å². The van der Waals surface area contributed by atoms with Crippen LogP contribution in [0.1, 0.15) is 35.2 Å². The molecule has 0 bridgehead atoms. The molecule has 0 aliphatic carbocycles. The van der Waals surface area contributed by atoms with Crippen LogP contribution in [0.2, 0.25) is 0 Å². The molecule has 5 rings (SSSR count). The minimum atomic E-state index is -4.81. The maximum Gasteiger partial charge on any atom is 0.433 e. The van der Waals surface area contributed by atoms with Crippen LogP contribution >= 0.6 is 0 Å². The van der Waals surface area contributed by atoms with E-state index in [1.54, 1.807) is 6.07 Å². The first kappa shape index (κ1) is 29.2. The van der Waals surface area contributed by atoms with E-state index in [0.29, 0.717) is 43.5 Å². The highest BCUT2D eigenvalue weighted by molar-refractivity contribution is 5.84. The number of H-pyrrole nitrogens is 1.